The molecule has 1 aromatic carbocycles. The summed E-state index contributed by atoms with van der Waals surface area (Å²) in [5.41, 5.74) is 7.62. The SMILES string of the molecule is CC1(C)COB(OCc2cc(F)ccc2N=N)CO1. The van der Waals surface area contributed by atoms with Crippen LogP contribution in [0, 0.1) is 11.3 Å². The lowest BCUT2D eigenvalue weighted by Gasteiger charge is -2.32. The molecule has 0 bridgehead atoms. The van der Waals surface area contributed by atoms with Crippen molar-refractivity contribution in [2.45, 2.75) is 26.1 Å². The molecular weight excluding hydrogens is 250 g/mol. The maximum atomic E-state index is 13.1. The minimum atomic E-state index is -0.477. The van der Waals surface area contributed by atoms with Crippen molar-refractivity contribution in [2.24, 2.45) is 5.11 Å². The Kier molecular flexibility index (Phi) is 4.29. The molecule has 7 heteroatoms. The molecule has 2 rings (SSSR count). The summed E-state index contributed by atoms with van der Waals surface area (Å²) in [5, 5.41) is 3.33. The Morgan fingerprint density at radius 2 is 2.32 bits per heavy atom. The third-order valence-electron chi connectivity index (χ3n) is 2.81. The summed E-state index contributed by atoms with van der Waals surface area (Å²) in [6.45, 7) is 4.77. The van der Waals surface area contributed by atoms with Gasteiger partial charge in [0.05, 0.1) is 31.0 Å². The van der Waals surface area contributed by atoms with Crippen LogP contribution in [0.3, 0.4) is 0 Å². The summed E-state index contributed by atoms with van der Waals surface area (Å²) in [5.74, 6) is -0.382. The number of rotatable bonds is 4. The van der Waals surface area contributed by atoms with Crippen LogP contribution in [0.2, 0.25) is 0 Å². The van der Waals surface area contributed by atoms with E-state index in [0.29, 0.717) is 24.4 Å². The van der Waals surface area contributed by atoms with Crippen LogP contribution in [0.1, 0.15) is 19.4 Å². The van der Waals surface area contributed by atoms with E-state index in [1.165, 1.54) is 18.2 Å². The maximum Gasteiger partial charge on any atom is 0.484 e. The van der Waals surface area contributed by atoms with Gasteiger partial charge >= 0.3 is 7.12 Å². The van der Waals surface area contributed by atoms with Crippen LogP contribution in [0.5, 0.6) is 0 Å². The summed E-state index contributed by atoms with van der Waals surface area (Å²) in [6.07, 6.45) is 0. The lowest BCUT2D eigenvalue weighted by molar-refractivity contribution is -0.0751. The van der Waals surface area contributed by atoms with Crippen LogP contribution in [-0.2, 0) is 20.7 Å². The fraction of sp³-hybridized carbons (Fsp3) is 0.500. The highest BCUT2D eigenvalue weighted by molar-refractivity contribution is 6.44. The minimum Gasteiger partial charge on any atom is -0.407 e. The zero-order valence-electron chi connectivity index (χ0n) is 11.0. The number of halogens is 1. The van der Waals surface area contributed by atoms with Gasteiger partial charge in [-0.05, 0) is 32.0 Å². The van der Waals surface area contributed by atoms with Crippen LogP contribution >= 0.6 is 0 Å². The molecule has 0 amide bonds. The maximum absolute atomic E-state index is 13.1. The number of hydrogen-bond donors (Lipinski definition) is 1. The molecule has 1 fully saturated rings. The highest BCUT2D eigenvalue weighted by Crippen LogP contribution is 2.22. The van der Waals surface area contributed by atoms with E-state index in [9.17, 15) is 4.39 Å². The third kappa shape index (κ3) is 3.83. The summed E-state index contributed by atoms with van der Waals surface area (Å²) in [4.78, 5) is 0. The highest BCUT2D eigenvalue weighted by Gasteiger charge is 2.32. The first kappa shape index (κ1) is 14.1. The predicted octanol–water partition coefficient (Wildman–Crippen LogP) is 2.86. The molecule has 1 heterocycles. The van der Waals surface area contributed by atoms with Crippen molar-refractivity contribution in [1.29, 1.82) is 5.53 Å². The first-order valence-corrected chi connectivity index (χ1v) is 6.03. The van der Waals surface area contributed by atoms with Gasteiger partial charge in [-0.15, -0.1) is 0 Å². The van der Waals surface area contributed by atoms with Crippen LogP contribution in [-0.4, -0.2) is 25.8 Å². The number of ether oxygens (including phenoxy) is 1. The summed E-state index contributed by atoms with van der Waals surface area (Å²) >= 11 is 0. The van der Waals surface area contributed by atoms with E-state index < -0.39 is 7.12 Å². The largest absolute Gasteiger partial charge is 0.484 e. The van der Waals surface area contributed by atoms with Gasteiger partial charge in [0.15, 0.2) is 0 Å². The van der Waals surface area contributed by atoms with Crippen LogP contribution in [0.4, 0.5) is 10.1 Å². The molecule has 0 atom stereocenters. The molecule has 0 aliphatic carbocycles. The van der Waals surface area contributed by atoms with Gasteiger partial charge in [0, 0.05) is 5.56 Å². The van der Waals surface area contributed by atoms with Gasteiger partial charge in [-0.25, -0.2) is 9.92 Å². The van der Waals surface area contributed by atoms with E-state index in [4.69, 9.17) is 19.6 Å². The molecule has 19 heavy (non-hydrogen) atoms. The van der Waals surface area contributed by atoms with Crippen molar-refractivity contribution in [3.8, 4) is 0 Å². The Hall–Kier alpha value is -1.31. The molecule has 0 aromatic heterocycles. The van der Waals surface area contributed by atoms with Gasteiger partial charge in [-0.3, -0.25) is 0 Å². The first-order valence-electron chi connectivity index (χ1n) is 6.03. The second kappa shape index (κ2) is 5.77. The third-order valence-corrected chi connectivity index (χ3v) is 2.81. The Morgan fingerprint density at radius 3 is 2.95 bits per heavy atom. The zero-order valence-corrected chi connectivity index (χ0v) is 11.0. The molecule has 0 radical (unpaired) electrons. The number of nitrogens with one attached hydrogen (secondary N) is 1. The monoisotopic (exact) mass is 266 g/mol. The fourth-order valence-corrected chi connectivity index (χ4v) is 1.73. The number of hydrogen-bond acceptors (Lipinski definition) is 5. The van der Waals surface area contributed by atoms with E-state index in [1.54, 1.807) is 0 Å². The fourth-order valence-electron chi connectivity index (χ4n) is 1.73. The van der Waals surface area contributed by atoms with Crippen LogP contribution in [0.25, 0.3) is 0 Å². The van der Waals surface area contributed by atoms with E-state index >= 15 is 0 Å². The quantitative estimate of drug-likeness (QED) is 0.673. The average molecular weight is 266 g/mol. The normalized spacial score (nSPS) is 18.4. The van der Waals surface area contributed by atoms with Crippen molar-refractivity contribution >= 4 is 12.8 Å². The molecule has 1 N–H and O–H groups in total. The Bertz CT molecular complexity index is 460. The number of nitrogens with zero attached hydrogens (tertiary/aromatic N) is 1. The lowest BCUT2D eigenvalue weighted by atomic mass is 9.88. The molecule has 1 saturated heterocycles. The van der Waals surface area contributed by atoms with Crippen molar-refractivity contribution < 1.29 is 18.4 Å². The Morgan fingerprint density at radius 1 is 1.53 bits per heavy atom. The Labute approximate surface area is 111 Å². The zero-order chi connectivity index (χ0) is 13.9. The molecule has 1 aromatic rings. The molecule has 0 spiro atoms. The molecule has 1 aliphatic heterocycles. The molecule has 0 saturated carbocycles. The average Bonchev–Trinajstić information content (AvgIpc) is 2.38. The summed E-state index contributed by atoms with van der Waals surface area (Å²) < 4.78 is 29.7. The van der Waals surface area contributed by atoms with Gasteiger partial charge in [0.2, 0.25) is 0 Å². The van der Waals surface area contributed by atoms with Gasteiger partial charge in [-0.1, -0.05) is 0 Å². The second-order valence-corrected chi connectivity index (χ2v) is 5.01. The van der Waals surface area contributed by atoms with E-state index in [2.05, 4.69) is 5.11 Å². The molecule has 0 unspecified atom stereocenters. The topological polar surface area (TPSA) is 63.9 Å². The predicted molar refractivity (Wildman–Crippen MR) is 67.7 cm³/mol. The molecule has 102 valence electrons. The Balaban J connectivity index is 1.92. The summed E-state index contributed by atoms with van der Waals surface area (Å²) in [7, 11) is -0.477. The smallest absolute Gasteiger partial charge is 0.407 e. The first-order chi connectivity index (χ1) is 9.00. The van der Waals surface area contributed by atoms with Crippen molar-refractivity contribution in [3.05, 3.63) is 29.6 Å². The van der Waals surface area contributed by atoms with Crippen LogP contribution in [0.15, 0.2) is 23.3 Å². The van der Waals surface area contributed by atoms with Crippen LogP contribution < -0.4 is 0 Å². The van der Waals surface area contributed by atoms with Crippen molar-refractivity contribution in [3.63, 3.8) is 0 Å². The van der Waals surface area contributed by atoms with Gasteiger partial charge in [0.25, 0.3) is 0 Å². The van der Waals surface area contributed by atoms with E-state index in [1.807, 2.05) is 13.8 Å². The van der Waals surface area contributed by atoms with Gasteiger partial charge in [0.1, 0.15) is 5.82 Å². The lowest BCUT2D eigenvalue weighted by Crippen LogP contribution is -2.46. The molecule has 5 nitrogen and oxygen atoms in total. The second-order valence-electron chi connectivity index (χ2n) is 5.01. The highest BCUT2D eigenvalue weighted by atomic mass is 19.1. The molecule has 1 aliphatic rings. The summed E-state index contributed by atoms with van der Waals surface area (Å²) in [6, 6.07) is 4.02. The standard InChI is InChI=1S/C12H16BFN2O3/c1-12(2)7-19-13(8-17-12)18-6-9-5-10(14)3-4-11(9)16-15/h3-5,15H,6-8H2,1-2H3. The van der Waals surface area contributed by atoms with E-state index in [0.717, 1.165) is 0 Å². The van der Waals surface area contributed by atoms with Crippen molar-refractivity contribution in [1.82, 2.24) is 0 Å². The molecular formula is C12H16BFN2O3. The van der Waals surface area contributed by atoms with E-state index in [-0.39, 0.29) is 18.0 Å². The minimum absolute atomic E-state index is 0.129. The van der Waals surface area contributed by atoms with Crippen molar-refractivity contribution in [2.75, 3.05) is 13.1 Å². The van der Waals surface area contributed by atoms with Gasteiger partial charge in [-0.2, -0.15) is 5.11 Å². The van der Waals surface area contributed by atoms with Gasteiger partial charge < -0.3 is 14.0 Å². The number of benzene rings is 1.